The van der Waals surface area contributed by atoms with Crippen LogP contribution in [0.1, 0.15) is 20.3 Å². The maximum absolute atomic E-state index is 5.48. The minimum absolute atomic E-state index is 0. The second kappa shape index (κ2) is 10.9. The first-order chi connectivity index (χ1) is 10.2. The summed E-state index contributed by atoms with van der Waals surface area (Å²) in [6.07, 6.45) is 1.24. The number of thioether (sulfide) groups is 1. The van der Waals surface area contributed by atoms with Crippen molar-refractivity contribution in [2.24, 2.45) is 4.99 Å². The minimum atomic E-state index is 0. The van der Waals surface area contributed by atoms with Crippen LogP contribution in [0.25, 0.3) is 0 Å². The summed E-state index contributed by atoms with van der Waals surface area (Å²) in [6.45, 7) is 11.5. The minimum Gasteiger partial charge on any atom is -0.379 e. The van der Waals surface area contributed by atoms with Crippen LogP contribution in [0.2, 0.25) is 0 Å². The Morgan fingerprint density at radius 3 is 2.91 bits per heavy atom. The maximum Gasteiger partial charge on any atom is 0.193 e. The Hall–Kier alpha value is 0.270. The average Bonchev–Trinajstić information content (AvgIpc) is 2.53. The topological polar surface area (TPSA) is 40.1 Å². The molecule has 5 nitrogen and oxygen atoms in total. The van der Waals surface area contributed by atoms with Crippen molar-refractivity contribution in [2.75, 3.05) is 58.7 Å². The molecule has 2 rings (SSSR count). The van der Waals surface area contributed by atoms with Gasteiger partial charge in [-0.1, -0.05) is 6.92 Å². The Balaban J connectivity index is 0.00000242. The molecule has 0 bridgehead atoms. The standard InChI is InChI=1S/C15H30N4OS.HI/c1-4-14-11-19(8-10-21-14)15(16-3)17-5-6-18-7-9-20-12-13(18)2;/h13-14H,4-12H2,1-3H3,(H,16,17);1H. The first-order valence-electron chi connectivity index (χ1n) is 8.13. The van der Waals surface area contributed by atoms with Gasteiger partial charge < -0.3 is 15.0 Å². The summed E-state index contributed by atoms with van der Waals surface area (Å²) in [5.74, 6) is 2.27. The Morgan fingerprint density at radius 2 is 2.23 bits per heavy atom. The van der Waals surface area contributed by atoms with Gasteiger partial charge in [0, 0.05) is 56.8 Å². The second-order valence-electron chi connectivity index (χ2n) is 5.78. The molecule has 0 radical (unpaired) electrons. The summed E-state index contributed by atoms with van der Waals surface area (Å²) in [5, 5.41) is 4.28. The van der Waals surface area contributed by atoms with Gasteiger partial charge in [0.15, 0.2) is 5.96 Å². The molecule has 130 valence electrons. The van der Waals surface area contributed by atoms with E-state index in [1.54, 1.807) is 0 Å². The van der Waals surface area contributed by atoms with Gasteiger partial charge in [0.2, 0.25) is 0 Å². The lowest BCUT2D eigenvalue weighted by Crippen LogP contribution is -2.51. The van der Waals surface area contributed by atoms with Crippen molar-refractivity contribution >= 4 is 41.7 Å². The first-order valence-corrected chi connectivity index (χ1v) is 9.18. The number of morpholine rings is 1. The van der Waals surface area contributed by atoms with E-state index in [4.69, 9.17) is 4.74 Å². The van der Waals surface area contributed by atoms with Crippen molar-refractivity contribution in [1.29, 1.82) is 0 Å². The molecule has 0 aromatic carbocycles. The fourth-order valence-electron chi connectivity index (χ4n) is 2.90. The van der Waals surface area contributed by atoms with Gasteiger partial charge >= 0.3 is 0 Å². The number of rotatable bonds is 4. The van der Waals surface area contributed by atoms with Crippen LogP contribution in [0, 0.1) is 0 Å². The highest BCUT2D eigenvalue weighted by molar-refractivity contribution is 14.0. The van der Waals surface area contributed by atoms with E-state index in [1.807, 2.05) is 7.05 Å². The fourth-order valence-corrected chi connectivity index (χ4v) is 4.08. The van der Waals surface area contributed by atoms with Gasteiger partial charge in [0.1, 0.15) is 0 Å². The summed E-state index contributed by atoms with van der Waals surface area (Å²) in [6, 6.07) is 0.526. The van der Waals surface area contributed by atoms with Gasteiger partial charge in [0.25, 0.3) is 0 Å². The Morgan fingerprint density at radius 1 is 1.41 bits per heavy atom. The third-order valence-electron chi connectivity index (χ3n) is 4.29. The first kappa shape index (κ1) is 20.3. The van der Waals surface area contributed by atoms with E-state index in [9.17, 15) is 0 Å². The third kappa shape index (κ3) is 6.05. The number of hydrogen-bond acceptors (Lipinski definition) is 4. The quantitative estimate of drug-likeness (QED) is 0.408. The van der Waals surface area contributed by atoms with Gasteiger partial charge in [-0.05, 0) is 13.3 Å². The summed E-state index contributed by atoms with van der Waals surface area (Å²) in [7, 11) is 1.89. The summed E-state index contributed by atoms with van der Waals surface area (Å²) < 4.78 is 5.48. The van der Waals surface area contributed by atoms with E-state index in [2.05, 4.69) is 45.7 Å². The smallest absolute Gasteiger partial charge is 0.193 e. The van der Waals surface area contributed by atoms with E-state index in [0.717, 1.165) is 57.1 Å². The van der Waals surface area contributed by atoms with Gasteiger partial charge in [-0.25, -0.2) is 0 Å². The molecule has 0 saturated carbocycles. The predicted molar refractivity (Wildman–Crippen MR) is 107 cm³/mol. The molecule has 2 heterocycles. The Kier molecular flexibility index (Phi) is 10.1. The van der Waals surface area contributed by atoms with Crippen molar-refractivity contribution in [3.05, 3.63) is 0 Å². The van der Waals surface area contributed by atoms with E-state index >= 15 is 0 Å². The van der Waals surface area contributed by atoms with Gasteiger partial charge in [0.05, 0.1) is 13.2 Å². The summed E-state index contributed by atoms with van der Waals surface area (Å²) >= 11 is 2.10. The summed E-state index contributed by atoms with van der Waals surface area (Å²) in [5.41, 5.74) is 0. The van der Waals surface area contributed by atoms with E-state index in [-0.39, 0.29) is 24.0 Å². The molecule has 0 amide bonds. The highest BCUT2D eigenvalue weighted by atomic mass is 127. The van der Waals surface area contributed by atoms with Crippen molar-refractivity contribution in [2.45, 2.75) is 31.6 Å². The van der Waals surface area contributed by atoms with E-state index in [1.165, 1.54) is 12.2 Å². The lowest BCUT2D eigenvalue weighted by atomic mass is 10.2. The van der Waals surface area contributed by atoms with Crippen LogP contribution in [-0.2, 0) is 4.74 Å². The zero-order valence-electron chi connectivity index (χ0n) is 14.1. The molecule has 0 aromatic heterocycles. The van der Waals surface area contributed by atoms with E-state index < -0.39 is 0 Å². The summed E-state index contributed by atoms with van der Waals surface area (Å²) in [4.78, 5) is 9.36. The third-order valence-corrected chi connectivity index (χ3v) is 5.66. The number of hydrogen-bond donors (Lipinski definition) is 1. The van der Waals surface area contributed by atoms with Crippen molar-refractivity contribution < 1.29 is 4.74 Å². The molecule has 2 aliphatic rings. The normalized spacial score (nSPS) is 27.4. The molecular formula is C15H31IN4OS. The number of halogens is 1. The van der Waals surface area contributed by atoms with Gasteiger partial charge in [-0.2, -0.15) is 11.8 Å². The number of nitrogens with zero attached hydrogens (tertiary/aromatic N) is 3. The second-order valence-corrected chi connectivity index (χ2v) is 7.19. The lowest BCUT2D eigenvalue weighted by Gasteiger charge is -2.36. The van der Waals surface area contributed by atoms with Crippen LogP contribution in [0.3, 0.4) is 0 Å². The molecule has 0 spiro atoms. The molecule has 1 N–H and O–H groups in total. The Bertz CT molecular complexity index is 346. The zero-order valence-corrected chi connectivity index (χ0v) is 17.2. The zero-order chi connectivity index (χ0) is 15.1. The van der Waals surface area contributed by atoms with Crippen LogP contribution >= 0.6 is 35.7 Å². The molecule has 2 unspecified atom stereocenters. The molecule has 0 aliphatic carbocycles. The highest BCUT2D eigenvalue weighted by Crippen LogP contribution is 2.20. The largest absolute Gasteiger partial charge is 0.379 e. The molecule has 2 atom stereocenters. The number of guanidine groups is 1. The maximum atomic E-state index is 5.48. The SMILES string of the molecule is CCC1CN(C(=NC)NCCN2CCOCC2C)CCS1.I. The lowest BCUT2D eigenvalue weighted by molar-refractivity contribution is 0.000827. The van der Waals surface area contributed by atoms with Gasteiger partial charge in [-0.15, -0.1) is 24.0 Å². The van der Waals surface area contributed by atoms with Crippen LogP contribution in [0.15, 0.2) is 4.99 Å². The van der Waals surface area contributed by atoms with Gasteiger partial charge in [-0.3, -0.25) is 9.89 Å². The molecular weight excluding hydrogens is 411 g/mol. The van der Waals surface area contributed by atoms with Crippen LogP contribution in [0.5, 0.6) is 0 Å². The number of aliphatic imine (C=N–C) groups is 1. The molecule has 22 heavy (non-hydrogen) atoms. The molecule has 2 fully saturated rings. The number of nitrogens with one attached hydrogen (secondary N) is 1. The number of ether oxygens (including phenoxy) is 1. The monoisotopic (exact) mass is 442 g/mol. The van der Waals surface area contributed by atoms with Crippen LogP contribution < -0.4 is 5.32 Å². The average molecular weight is 442 g/mol. The Labute approximate surface area is 156 Å². The van der Waals surface area contributed by atoms with Crippen molar-refractivity contribution in [3.63, 3.8) is 0 Å². The fraction of sp³-hybridized carbons (Fsp3) is 0.933. The van der Waals surface area contributed by atoms with E-state index in [0.29, 0.717) is 6.04 Å². The van der Waals surface area contributed by atoms with Crippen molar-refractivity contribution in [1.82, 2.24) is 15.1 Å². The predicted octanol–water partition coefficient (Wildman–Crippen LogP) is 1.73. The molecule has 2 aliphatic heterocycles. The highest BCUT2D eigenvalue weighted by Gasteiger charge is 2.22. The molecule has 0 aromatic rings. The van der Waals surface area contributed by atoms with Crippen LogP contribution in [-0.4, -0.2) is 85.8 Å². The molecule has 7 heteroatoms. The van der Waals surface area contributed by atoms with Crippen molar-refractivity contribution in [3.8, 4) is 0 Å². The molecule has 2 saturated heterocycles. The van der Waals surface area contributed by atoms with Crippen LogP contribution in [0.4, 0.5) is 0 Å².